The Hall–Kier alpha value is -1.51. The molecule has 0 amide bonds. The molecule has 0 aliphatic carbocycles. The van der Waals surface area contributed by atoms with Gasteiger partial charge in [-0.05, 0) is 25.5 Å². The number of rotatable bonds is 4. The third-order valence-corrected chi connectivity index (χ3v) is 3.03. The summed E-state index contributed by atoms with van der Waals surface area (Å²) >= 11 is 0. The quantitative estimate of drug-likeness (QED) is 0.817. The van der Waals surface area contributed by atoms with Gasteiger partial charge < -0.3 is 9.13 Å². The SMILES string of the molecule is CCCCn1c(=N)n(CC)c2ccccc21. The highest BCUT2D eigenvalue weighted by Crippen LogP contribution is 2.13. The van der Waals surface area contributed by atoms with E-state index in [1.807, 2.05) is 12.1 Å². The molecule has 0 unspecified atom stereocenters. The van der Waals surface area contributed by atoms with Crippen molar-refractivity contribution in [2.75, 3.05) is 0 Å². The predicted molar refractivity (Wildman–Crippen MR) is 66.4 cm³/mol. The third-order valence-electron chi connectivity index (χ3n) is 3.03. The van der Waals surface area contributed by atoms with Crippen molar-refractivity contribution >= 4 is 11.0 Å². The van der Waals surface area contributed by atoms with E-state index >= 15 is 0 Å². The molecule has 3 nitrogen and oxygen atoms in total. The van der Waals surface area contributed by atoms with Crippen molar-refractivity contribution in [2.45, 2.75) is 39.8 Å². The van der Waals surface area contributed by atoms with Crippen LogP contribution in [0.4, 0.5) is 0 Å². The maximum absolute atomic E-state index is 8.18. The first-order valence-electron chi connectivity index (χ1n) is 6.02. The molecule has 16 heavy (non-hydrogen) atoms. The van der Waals surface area contributed by atoms with Gasteiger partial charge in [-0.25, -0.2) is 0 Å². The average molecular weight is 217 g/mol. The van der Waals surface area contributed by atoms with Crippen LogP contribution in [0, 0.1) is 5.41 Å². The third kappa shape index (κ3) is 1.66. The molecule has 0 radical (unpaired) electrons. The van der Waals surface area contributed by atoms with Crippen LogP contribution in [-0.2, 0) is 13.1 Å². The smallest absolute Gasteiger partial charge is 0.202 e. The van der Waals surface area contributed by atoms with E-state index in [-0.39, 0.29) is 0 Å². The minimum atomic E-state index is 0.622. The number of nitrogens with zero attached hydrogens (tertiary/aromatic N) is 2. The molecule has 86 valence electrons. The van der Waals surface area contributed by atoms with E-state index in [2.05, 4.69) is 35.1 Å². The topological polar surface area (TPSA) is 33.7 Å². The number of fused-ring (bicyclic) bond motifs is 1. The summed E-state index contributed by atoms with van der Waals surface area (Å²) in [6.07, 6.45) is 2.30. The van der Waals surface area contributed by atoms with Crippen LogP contribution < -0.4 is 5.62 Å². The lowest BCUT2D eigenvalue weighted by Gasteiger charge is -2.02. The molecule has 0 aliphatic rings. The van der Waals surface area contributed by atoms with Crippen molar-refractivity contribution in [1.29, 1.82) is 5.41 Å². The largest absolute Gasteiger partial charge is 0.311 e. The van der Waals surface area contributed by atoms with Crippen molar-refractivity contribution in [3.05, 3.63) is 29.9 Å². The lowest BCUT2D eigenvalue weighted by Crippen LogP contribution is -2.24. The number of para-hydroxylation sites is 2. The summed E-state index contributed by atoms with van der Waals surface area (Å²) in [5, 5.41) is 8.18. The van der Waals surface area contributed by atoms with Crippen LogP contribution in [0.25, 0.3) is 11.0 Å². The first kappa shape index (κ1) is 11.0. The molecule has 0 atom stereocenters. The van der Waals surface area contributed by atoms with Crippen LogP contribution in [0.3, 0.4) is 0 Å². The van der Waals surface area contributed by atoms with Crippen LogP contribution in [0.15, 0.2) is 24.3 Å². The van der Waals surface area contributed by atoms with E-state index in [1.54, 1.807) is 0 Å². The summed E-state index contributed by atoms with van der Waals surface area (Å²) in [6.45, 7) is 6.08. The molecule has 0 saturated heterocycles. The van der Waals surface area contributed by atoms with Crippen molar-refractivity contribution in [1.82, 2.24) is 9.13 Å². The molecule has 0 aliphatic heterocycles. The standard InChI is InChI=1S/C13H19N3/c1-3-5-10-16-12-9-7-6-8-11(12)15(4-2)13(16)14/h6-9,14H,3-5,10H2,1-2H3. The zero-order valence-electron chi connectivity index (χ0n) is 10.0. The average Bonchev–Trinajstić information content (AvgIpc) is 2.58. The van der Waals surface area contributed by atoms with Gasteiger partial charge in [-0.2, -0.15) is 0 Å². The van der Waals surface area contributed by atoms with Gasteiger partial charge in [0.25, 0.3) is 0 Å². The fourth-order valence-corrected chi connectivity index (χ4v) is 2.16. The summed E-state index contributed by atoms with van der Waals surface area (Å²) in [7, 11) is 0. The molecule has 1 heterocycles. The second-order valence-electron chi connectivity index (χ2n) is 4.06. The highest BCUT2D eigenvalue weighted by molar-refractivity contribution is 5.75. The number of nitrogens with one attached hydrogen (secondary N) is 1. The van der Waals surface area contributed by atoms with E-state index in [1.165, 1.54) is 11.0 Å². The van der Waals surface area contributed by atoms with Gasteiger partial charge in [-0.15, -0.1) is 0 Å². The van der Waals surface area contributed by atoms with Crippen molar-refractivity contribution in [3.8, 4) is 0 Å². The molecule has 0 saturated carbocycles. The molecule has 1 aromatic carbocycles. The minimum Gasteiger partial charge on any atom is -0.311 e. The first-order chi connectivity index (χ1) is 7.79. The maximum Gasteiger partial charge on any atom is 0.202 e. The van der Waals surface area contributed by atoms with Gasteiger partial charge in [0.05, 0.1) is 11.0 Å². The predicted octanol–water partition coefficient (Wildman–Crippen LogP) is 2.74. The molecule has 0 fully saturated rings. The molecule has 2 rings (SSSR count). The summed E-state index contributed by atoms with van der Waals surface area (Å²) < 4.78 is 4.17. The summed E-state index contributed by atoms with van der Waals surface area (Å²) in [6, 6.07) is 8.29. The van der Waals surface area contributed by atoms with E-state index in [0.717, 1.165) is 25.9 Å². The van der Waals surface area contributed by atoms with Crippen molar-refractivity contribution in [3.63, 3.8) is 0 Å². The zero-order chi connectivity index (χ0) is 11.5. The number of benzene rings is 1. The summed E-state index contributed by atoms with van der Waals surface area (Å²) in [5.74, 6) is 0. The second kappa shape index (κ2) is 4.56. The van der Waals surface area contributed by atoms with Crippen LogP contribution in [0.5, 0.6) is 0 Å². The summed E-state index contributed by atoms with van der Waals surface area (Å²) in [5.41, 5.74) is 2.98. The normalized spacial score (nSPS) is 11.1. The lowest BCUT2D eigenvalue weighted by molar-refractivity contribution is 0.581. The van der Waals surface area contributed by atoms with Crippen molar-refractivity contribution in [2.24, 2.45) is 0 Å². The van der Waals surface area contributed by atoms with Gasteiger partial charge in [0.2, 0.25) is 5.62 Å². The molecule has 1 aromatic heterocycles. The van der Waals surface area contributed by atoms with Gasteiger partial charge in [0.1, 0.15) is 0 Å². The second-order valence-corrected chi connectivity index (χ2v) is 4.06. The van der Waals surface area contributed by atoms with E-state index < -0.39 is 0 Å². The Balaban J connectivity index is 2.63. The van der Waals surface area contributed by atoms with Crippen LogP contribution in [-0.4, -0.2) is 9.13 Å². The van der Waals surface area contributed by atoms with Crippen LogP contribution >= 0.6 is 0 Å². The van der Waals surface area contributed by atoms with Gasteiger partial charge in [0, 0.05) is 13.1 Å². The van der Waals surface area contributed by atoms with Crippen LogP contribution in [0.2, 0.25) is 0 Å². The molecule has 2 aromatic rings. The van der Waals surface area contributed by atoms with Gasteiger partial charge >= 0.3 is 0 Å². The Bertz CT molecular complexity index is 534. The summed E-state index contributed by atoms with van der Waals surface area (Å²) in [4.78, 5) is 0. The fourth-order valence-electron chi connectivity index (χ4n) is 2.16. The molecule has 3 heteroatoms. The number of hydrogen-bond donors (Lipinski definition) is 1. The zero-order valence-corrected chi connectivity index (χ0v) is 10.0. The first-order valence-corrected chi connectivity index (χ1v) is 6.02. The number of imidazole rings is 1. The molecular formula is C13H19N3. The minimum absolute atomic E-state index is 0.622. The monoisotopic (exact) mass is 217 g/mol. The Morgan fingerprint density at radius 2 is 1.69 bits per heavy atom. The van der Waals surface area contributed by atoms with Crippen molar-refractivity contribution < 1.29 is 0 Å². The number of aryl methyl sites for hydroxylation is 2. The Morgan fingerprint density at radius 1 is 1.06 bits per heavy atom. The van der Waals surface area contributed by atoms with Gasteiger partial charge in [-0.3, -0.25) is 5.41 Å². The van der Waals surface area contributed by atoms with Crippen LogP contribution in [0.1, 0.15) is 26.7 Å². The number of unbranched alkanes of at least 4 members (excludes halogenated alkanes) is 1. The Morgan fingerprint density at radius 3 is 2.25 bits per heavy atom. The molecule has 0 spiro atoms. The Labute approximate surface area is 95.8 Å². The van der Waals surface area contributed by atoms with E-state index in [9.17, 15) is 0 Å². The van der Waals surface area contributed by atoms with E-state index in [0.29, 0.717) is 5.62 Å². The Kier molecular flexibility index (Phi) is 3.13. The van der Waals surface area contributed by atoms with Gasteiger partial charge in [0.15, 0.2) is 0 Å². The number of hydrogen-bond acceptors (Lipinski definition) is 1. The highest BCUT2D eigenvalue weighted by atomic mass is 15.2. The fraction of sp³-hybridized carbons (Fsp3) is 0.462. The molecule has 1 N–H and O–H groups in total. The lowest BCUT2D eigenvalue weighted by atomic mass is 10.3. The molecule has 0 bridgehead atoms. The highest BCUT2D eigenvalue weighted by Gasteiger charge is 2.07. The maximum atomic E-state index is 8.18. The van der Waals surface area contributed by atoms with E-state index in [4.69, 9.17) is 5.41 Å². The van der Waals surface area contributed by atoms with Gasteiger partial charge in [-0.1, -0.05) is 25.5 Å². The number of aromatic nitrogens is 2. The molecular weight excluding hydrogens is 198 g/mol.